The Morgan fingerprint density at radius 2 is 2.30 bits per heavy atom. The van der Waals surface area contributed by atoms with E-state index in [0.29, 0.717) is 0 Å². The zero-order valence-corrected chi connectivity index (χ0v) is 6.38. The maximum Gasteiger partial charge on any atom is 0.0203 e. The number of hydrogen-bond donors (Lipinski definition) is 0. The number of rotatable bonds is 0. The molecule has 1 aliphatic heterocycles. The van der Waals surface area contributed by atoms with E-state index in [0.717, 1.165) is 18.5 Å². The maximum absolute atomic E-state index is 3.85. The van der Waals surface area contributed by atoms with Crippen molar-refractivity contribution >= 4 is 0 Å². The number of allylic oxidation sites excluding steroid dienone is 3. The first-order chi connectivity index (χ1) is 4.79. The molecule has 1 heteroatoms. The fraction of sp³-hybridized carbons (Fsp3) is 0.333. The van der Waals surface area contributed by atoms with Crippen LogP contribution in [0.3, 0.4) is 0 Å². The summed E-state index contributed by atoms with van der Waals surface area (Å²) in [7, 11) is 2.07. The highest BCUT2D eigenvalue weighted by molar-refractivity contribution is 5.27. The zero-order valence-electron chi connectivity index (χ0n) is 6.38. The zero-order chi connectivity index (χ0) is 7.40. The molecule has 0 aromatic heterocycles. The molecule has 0 unspecified atom stereocenters. The first-order valence-corrected chi connectivity index (χ1v) is 3.53. The van der Waals surface area contributed by atoms with Gasteiger partial charge in [0.25, 0.3) is 0 Å². The van der Waals surface area contributed by atoms with Gasteiger partial charge in [-0.05, 0) is 24.3 Å². The highest BCUT2D eigenvalue weighted by Gasteiger charge is 1.91. The Kier molecular flexibility index (Phi) is 2.32. The van der Waals surface area contributed by atoms with Crippen LogP contribution in [0, 0.1) is 0 Å². The normalized spacial score (nSPS) is 18.9. The first-order valence-electron chi connectivity index (χ1n) is 3.53. The summed E-state index contributed by atoms with van der Waals surface area (Å²) in [5.74, 6) is 0. The topological polar surface area (TPSA) is 3.24 Å². The summed E-state index contributed by atoms with van der Waals surface area (Å²) in [6, 6.07) is 0. The predicted molar refractivity (Wildman–Crippen MR) is 44.7 cm³/mol. The largest absolute Gasteiger partial charge is 0.380 e. The summed E-state index contributed by atoms with van der Waals surface area (Å²) < 4.78 is 0. The predicted octanol–water partition coefficient (Wildman–Crippen LogP) is 1.95. The van der Waals surface area contributed by atoms with Gasteiger partial charge in [0.1, 0.15) is 0 Å². The fourth-order valence-electron chi connectivity index (χ4n) is 0.866. The molecule has 0 spiro atoms. The third-order valence-corrected chi connectivity index (χ3v) is 1.52. The van der Waals surface area contributed by atoms with Crippen molar-refractivity contribution in [1.82, 2.24) is 4.90 Å². The fourth-order valence-corrected chi connectivity index (χ4v) is 0.866. The highest BCUT2D eigenvalue weighted by atomic mass is 15.1. The van der Waals surface area contributed by atoms with Gasteiger partial charge < -0.3 is 4.90 Å². The summed E-state index contributed by atoms with van der Waals surface area (Å²) in [6.45, 7) is 4.95. The lowest BCUT2D eigenvalue weighted by atomic mass is 10.2. The quantitative estimate of drug-likeness (QED) is 0.490. The van der Waals surface area contributed by atoms with E-state index in [2.05, 4.69) is 36.9 Å². The van der Waals surface area contributed by atoms with Crippen molar-refractivity contribution in [3.8, 4) is 0 Å². The van der Waals surface area contributed by atoms with Crippen LogP contribution in [-0.2, 0) is 0 Å². The molecule has 0 bridgehead atoms. The van der Waals surface area contributed by atoms with Gasteiger partial charge in [-0.3, -0.25) is 0 Å². The van der Waals surface area contributed by atoms with Gasteiger partial charge in [0.05, 0.1) is 0 Å². The molecule has 0 radical (unpaired) electrons. The minimum atomic E-state index is 1.08. The molecule has 54 valence electrons. The molecule has 0 fully saturated rings. The Balaban J connectivity index is 2.61. The molecule has 0 saturated heterocycles. The first kappa shape index (κ1) is 7.13. The second kappa shape index (κ2) is 3.25. The van der Waals surface area contributed by atoms with Gasteiger partial charge in [-0.15, -0.1) is 0 Å². The maximum atomic E-state index is 3.85. The Hall–Kier alpha value is -0.980. The lowest BCUT2D eigenvalue weighted by molar-refractivity contribution is 0.463. The Bertz CT molecular complexity index is 177. The van der Waals surface area contributed by atoms with Crippen LogP contribution < -0.4 is 0 Å². The van der Waals surface area contributed by atoms with Gasteiger partial charge in [0.15, 0.2) is 0 Å². The Morgan fingerprint density at radius 3 is 3.10 bits per heavy atom. The molecule has 0 aliphatic carbocycles. The van der Waals surface area contributed by atoms with Crippen LogP contribution in [0.15, 0.2) is 36.6 Å². The highest BCUT2D eigenvalue weighted by Crippen LogP contribution is 2.02. The monoisotopic (exact) mass is 135 g/mol. The lowest BCUT2D eigenvalue weighted by Gasteiger charge is -2.13. The van der Waals surface area contributed by atoms with Crippen molar-refractivity contribution in [3.05, 3.63) is 36.6 Å². The summed E-state index contributed by atoms with van der Waals surface area (Å²) in [4.78, 5) is 2.16. The van der Waals surface area contributed by atoms with Crippen molar-refractivity contribution < 1.29 is 0 Å². The molecule has 0 aromatic carbocycles. The number of nitrogens with zero attached hydrogens (tertiary/aromatic N) is 1. The summed E-state index contributed by atoms with van der Waals surface area (Å²) in [5, 5.41) is 0. The van der Waals surface area contributed by atoms with Crippen LogP contribution in [0.5, 0.6) is 0 Å². The van der Waals surface area contributed by atoms with Crippen LogP contribution in [0.4, 0.5) is 0 Å². The van der Waals surface area contributed by atoms with E-state index in [1.54, 1.807) is 0 Å². The standard InChI is InChI=1S/C9H13N/c1-9-5-3-4-7-10(2)8-6-9/h3,5-6,8H,1,4,7H2,2H3. The van der Waals surface area contributed by atoms with E-state index in [-0.39, 0.29) is 0 Å². The van der Waals surface area contributed by atoms with Crippen molar-refractivity contribution in [2.24, 2.45) is 0 Å². The van der Waals surface area contributed by atoms with Gasteiger partial charge in [0.2, 0.25) is 0 Å². The molecule has 0 atom stereocenters. The third kappa shape index (κ3) is 2.09. The summed E-state index contributed by atoms with van der Waals surface area (Å²) in [5.41, 5.74) is 1.08. The van der Waals surface area contributed by atoms with E-state index in [1.165, 1.54) is 0 Å². The van der Waals surface area contributed by atoms with Crippen LogP contribution in [0.25, 0.3) is 0 Å². The van der Waals surface area contributed by atoms with Gasteiger partial charge in [-0.2, -0.15) is 0 Å². The lowest BCUT2D eigenvalue weighted by Crippen LogP contribution is -2.11. The molecule has 0 N–H and O–H groups in total. The molecule has 0 amide bonds. The molecule has 0 aromatic rings. The molecule has 10 heavy (non-hydrogen) atoms. The van der Waals surface area contributed by atoms with Crippen molar-refractivity contribution in [2.75, 3.05) is 13.6 Å². The summed E-state index contributed by atoms with van der Waals surface area (Å²) in [6.07, 6.45) is 9.41. The molecular formula is C9H13N. The van der Waals surface area contributed by atoms with Crippen LogP contribution in [0.1, 0.15) is 6.42 Å². The van der Waals surface area contributed by atoms with E-state index >= 15 is 0 Å². The molecule has 1 rings (SSSR count). The summed E-state index contributed by atoms with van der Waals surface area (Å²) >= 11 is 0. The van der Waals surface area contributed by atoms with Gasteiger partial charge in [0, 0.05) is 13.6 Å². The third-order valence-electron chi connectivity index (χ3n) is 1.52. The van der Waals surface area contributed by atoms with E-state index in [1.807, 2.05) is 6.08 Å². The average Bonchev–Trinajstić information content (AvgIpc) is 1.90. The Morgan fingerprint density at radius 1 is 1.50 bits per heavy atom. The van der Waals surface area contributed by atoms with Crippen LogP contribution in [-0.4, -0.2) is 18.5 Å². The molecule has 1 nitrogen and oxygen atoms in total. The average molecular weight is 135 g/mol. The SMILES string of the molecule is C=C1C=CCCN(C)C=C1. The molecule has 0 saturated carbocycles. The number of hydrogen-bond acceptors (Lipinski definition) is 1. The van der Waals surface area contributed by atoms with Crippen molar-refractivity contribution in [1.29, 1.82) is 0 Å². The second-order valence-corrected chi connectivity index (χ2v) is 2.56. The van der Waals surface area contributed by atoms with Crippen molar-refractivity contribution in [3.63, 3.8) is 0 Å². The minimum absolute atomic E-state index is 1.08. The minimum Gasteiger partial charge on any atom is -0.380 e. The van der Waals surface area contributed by atoms with Gasteiger partial charge >= 0.3 is 0 Å². The van der Waals surface area contributed by atoms with Crippen LogP contribution >= 0.6 is 0 Å². The van der Waals surface area contributed by atoms with Crippen molar-refractivity contribution in [2.45, 2.75) is 6.42 Å². The van der Waals surface area contributed by atoms with Crippen LogP contribution in [0.2, 0.25) is 0 Å². The molecule has 1 aliphatic rings. The Labute approximate surface area is 62.3 Å². The second-order valence-electron chi connectivity index (χ2n) is 2.56. The van der Waals surface area contributed by atoms with Gasteiger partial charge in [-0.1, -0.05) is 18.7 Å². The molecular weight excluding hydrogens is 122 g/mol. The smallest absolute Gasteiger partial charge is 0.0203 e. The van der Waals surface area contributed by atoms with E-state index in [4.69, 9.17) is 0 Å². The van der Waals surface area contributed by atoms with E-state index < -0.39 is 0 Å². The van der Waals surface area contributed by atoms with E-state index in [9.17, 15) is 0 Å². The van der Waals surface area contributed by atoms with Gasteiger partial charge in [-0.25, -0.2) is 0 Å². The molecule has 1 heterocycles.